The van der Waals surface area contributed by atoms with E-state index in [4.69, 9.17) is 4.42 Å². The predicted octanol–water partition coefficient (Wildman–Crippen LogP) is 2.33. The van der Waals surface area contributed by atoms with E-state index >= 15 is 0 Å². The third-order valence-corrected chi connectivity index (χ3v) is 2.55. The van der Waals surface area contributed by atoms with Gasteiger partial charge in [-0.3, -0.25) is 0 Å². The highest BCUT2D eigenvalue weighted by Crippen LogP contribution is 2.22. The summed E-state index contributed by atoms with van der Waals surface area (Å²) in [6, 6.07) is 9.56. The second kappa shape index (κ2) is 3.86. The van der Waals surface area contributed by atoms with Gasteiger partial charge >= 0.3 is 0 Å². The molecule has 0 aliphatic heterocycles. The quantitative estimate of drug-likeness (QED) is 0.726. The number of nitrogens with one attached hydrogen (secondary N) is 1. The molecule has 0 aliphatic carbocycles. The molecule has 0 bridgehead atoms. The summed E-state index contributed by atoms with van der Waals surface area (Å²) in [5.41, 5.74) is 3.36. The molecule has 3 aromatic rings. The smallest absolute Gasteiger partial charge is 0.181 e. The Bertz CT molecular complexity index is 645. The molecule has 0 saturated heterocycles. The zero-order chi connectivity index (χ0) is 11.7. The first-order valence-electron chi connectivity index (χ1n) is 5.22. The van der Waals surface area contributed by atoms with Gasteiger partial charge in [-0.1, -0.05) is 6.07 Å². The van der Waals surface area contributed by atoms with E-state index in [1.54, 1.807) is 0 Å². The van der Waals surface area contributed by atoms with E-state index in [2.05, 4.69) is 20.5 Å². The van der Waals surface area contributed by atoms with Crippen LogP contribution in [0.4, 0.5) is 5.82 Å². The largest absolute Gasteiger partial charge is 0.443 e. The Morgan fingerprint density at radius 3 is 2.82 bits per heavy atom. The number of hydrogen-bond donors (Lipinski definition) is 1. The molecule has 0 fully saturated rings. The molecule has 17 heavy (non-hydrogen) atoms. The van der Waals surface area contributed by atoms with Crippen molar-refractivity contribution >= 4 is 16.9 Å². The molecule has 0 spiro atoms. The molecule has 3 rings (SSSR count). The van der Waals surface area contributed by atoms with Gasteiger partial charge in [0.05, 0.1) is 5.69 Å². The van der Waals surface area contributed by atoms with Crippen LogP contribution in [0, 0.1) is 0 Å². The topological polar surface area (TPSA) is 63.8 Å². The SMILES string of the molecule is CNc1ccc(-c2ccc3ncoc3c2)nn1. The standard InChI is InChI=1S/C12H10N4O/c1-13-12-5-4-9(15-16-12)8-2-3-10-11(6-8)17-7-14-10/h2-7H,1H3,(H,13,16). The Labute approximate surface area is 97.5 Å². The number of anilines is 1. The van der Waals surface area contributed by atoms with E-state index < -0.39 is 0 Å². The zero-order valence-electron chi connectivity index (χ0n) is 9.21. The molecule has 0 atom stereocenters. The number of hydrogen-bond acceptors (Lipinski definition) is 5. The van der Waals surface area contributed by atoms with Gasteiger partial charge in [0.2, 0.25) is 0 Å². The number of benzene rings is 1. The normalized spacial score (nSPS) is 10.6. The lowest BCUT2D eigenvalue weighted by molar-refractivity contribution is 0.602. The average molecular weight is 226 g/mol. The highest BCUT2D eigenvalue weighted by atomic mass is 16.3. The van der Waals surface area contributed by atoms with Crippen LogP contribution in [0.2, 0.25) is 0 Å². The van der Waals surface area contributed by atoms with Crippen LogP contribution in [0.3, 0.4) is 0 Å². The molecule has 2 aromatic heterocycles. The zero-order valence-corrected chi connectivity index (χ0v) is 9.21. The summed E-state index contributed by atoms with van der Waals surface area (Å²) < 4.78 is 5.25. The monoisotopic (exact) mass is 226 g/mol. The summed E-state index contributed by atoms with van der Waals surface area (Å²) in [6.07, 6.45) is 1.43. The van der Waals surface area contributed by atoms with Crippen molar-refractivity contribution in [2.24, 2.45) is 0 Å². The Hall–Kier alpha value is -2.43. The van der Waals surface area contributed by atoms with Gasteiger partial charge in [-0.15, -0.1) is 10.2 Å². The highest BCUT2D eigenvalue weighted by Gasteiger charge is 2.04. The van der Waals surface area contributed by atoms with Crippen molar-refractivity contribution in [3.8, 4) is 11.3 Å². The maximum atomic E-state index is 5.25. The molecule has 0 saturated carbocycles. The Balaban J connectivity index is 2.06. The summed E-state index contributed by atoms with van der Waals surface area (Å²) in [4.78, 5) is 4.07. The van der Waals surface area contributed by atoms with Crippen molar-refractivity contribution in [3.05, 3.63) is 36.7 Å². The van der Waals surface area contributed by atoms with Crippen LogP contribution in [-0.2, 0) is 0 Å². The van der Waals surface area contributed by atoms with Crippen molar-refractivity contribution in [3.63, 3.8) is 0 Å². The number of rotatable bonds is 2. The lowest BCUT2D eigenvalue weighted by Crippen LogP contribution is -1.95. The number of nitrogens with zero attached hydrogens (tertiary/aromatic N) is 3. The molecule has 1 N–H and O–H groups in total. The fourth-order valence-electron chi connectivity index (χ4n) is 1.63. The third kappa shape index (κ3) is 1.71. The maximum Gasteiger partial charge on any atom is 0.181 e. The maximum absolute atomic E-state index is 5.25. The van der Waals surface area contributed by atoms with Crippen LogP contribution in [0.5, 0.6) is 0 Å². The molecule has 1 aromatic carbocycles. The van der Waals surface area contributed by atoms with Gasteiger partial charge in [0.1, 0.15) is 11.3 Å². The molecule has 2 heterocycles. The van der Waals surface area contributed by atoms with Crippen molar-refractivity contribution in [2.75, 3.05) is 12.4 Å². The first-order chi connectivity index (χ1) is 8.36. The minimum atomic E-state index is 0.745. The van der Waals surface area contributed by atoms with E-state index in [9.17, 15) is 0 Å². The van der Waals surface area contributed by atoms with Crippen LogP contribution in [0.25, 0.3) is 22.4 Å². The van der Waals surface area contributed by atoms with Gasteiger partial charge < -0.3 is 9.73 Å². The molecule has 0 radical (unpaired) electrons. The van der Waals surface area contributed by atoms with Gasteiger partial charge in [-0.2, -0.15) is 0 Å². The summed E-state index contributed by atoms with van der Waals surface area (Å²) in [6.45, 7) is 0. The number of fused-ring (bicyclic) bond motifs is 1. The lowest BCUT2D eigenvalue weighted by atomic mass is 10.1. The van der Waals surface area contributed by atoms with Crippen LogP contribution >= 0.6 is 0 Å². The predicted molar refractivity (Wildman–Crippen MR) is 64.6 cm³/mol. The Kier molecular flexibility index (Phi) is 2.22. The van der Waals surface area contributed by atoms with E-state index in [1.807, 2.05) is 37.4 Å². The van der Waals surface area contributed by atoms with Gasteiger partial charge in [0.25, 0.3) is 0 Å². The third-order valence-electron chi connectivity index (χ3n) is 2.55. The first kappa shape index (κ1) is 9.77. The molecule has 5 heteroatoms. The molecular formula is C12H10N4O. The summed E-state index contributed by atoms with van der Waals surface area (Å²) in [5, 5.41) is 11.1. The van der Waals surface area contributed by atoms with Crippen molar-refractivity contribution in [1.29, 1.82) is 0 Å². The number of oxazole rings is 1. The second-order valence-corrected chi connectivity index (χ2v) is 3.59. The fourth-order valence-corrected chi connectivity index (χ4v) is 1.63. The Morgan fingerprint density at radius 1 is 1.12 bits per heavy atom. The van der Waals surface area contributed by atoms with Crippen LogP contribution in [-0.4, -0.2) is 22.2 Å². The van der Waals surface area contributed by atoms with Crippen molar-refractivity contribution < 1.29 is 4.42 Å². The molecule has 84 valence electrons. The van der Waals surface area contributed by atoms with Crippen LogP contribution in [0.15, 0.2) is 41.1 Å². The highest BCUT2D eigenvalue weighted by molar-refractivity contribution is 5.78. The van der Waals surface area contributed by atoms with Gasteiger partial charge in [0.15, 0.2) is 12.0 Å². The van der Waals surface area contributed by atoms with E-state index in [1.165, 1.54) is 6.39 Å². The van der Waals surface area contributed by atoms with E-state index in [0.29, 0.717) is 0 Å². The molecule has 0 aliphatic rings. The first-order valence-corrected chi connectivity index (χ1v) is 5.22. The molecule has 0 unspecified atom stereocenters. The summed E-state index contributed by atoms with van der Waals surface area (Å²) in [7, 11) is 1.81. The van der Waals surface area contributed by atoms with Gasteiger partial charge in [-0.05, 0) is 24.3 Å². The van der Waals surface area contributed by atoms with Crippen LogP contribution in [0.1, 0.15) is 0 Å². The molecule has 0 amide bonds. The lowest BCUT2D eigenvalue weighted by Gasteiger charge is -2.01. The van der Waals surface area contributed by atoms with Crippen molar-refractivity contribution in [1.82, 2.24) is 15.2 Å². The van der Waals surface area contributed by atoms with Crippen LogP contribution < -0.4 is 5.32 Å². The minimum absolute atomic E-state index is 0.745. The van der Waals surface area contributed by atoms with E-state index in [0.717, 1.165) is 28.2 Å². The average Bonchev–Trinajstić information content (AvgIpc) is 2.86. The fraction of sp³-hybridized carbons (Fsp3) is 0.0833. The van der Waals surface area contributed by atoms with Crippen molar-refractivity contribution in [2.45, 2.75) is 0 Å². The second-order valence-electron chi connectivity index (χ2n) is 3.59. The van der Waals surface area contributed by atoms with Gasteiger partial charge in [-0.25, -0.2) is 4.98 Å². The van der Waals surface area contributed by atoms with Gasteiger partial charge in [0, 0.05) is 12.6 Å². The minimum Gasteiger partial charge on any atom is -0.443 e. The molecule has 5 nitrogen and oxygen atoms in total. The Morgan fingerprint density at radius 2 is 2.06 bits per heavy atom. The van der Waals surface area contributed by atoms with E-state index in [-0.39, 0.29) is 0 Å². The summed E-state index contributed by atoms with van der Waals surface area (Å²) in [5.74, 6) is 0.745. The number of aromatic nitrogens is 3. The molecular weight excluding hydrogens is 216 g/mol. The summed E-state index contributed by atoms with van der Waals surface area (Å²) >= 11 is 0.